The molecule has 0 spiro atoms. The van der Waals surface area contributed by atoms with Gasteiger partial charge in [-0.05, 0) is 70.6 Å². The van der Waals surface area contributed by atoms with E-state index in [-0.39, 0.29) is 19.4 Å². The Hall–Kier alpha value is -2.30. The lowest BCUT2D eigenvalue weighted by molar-refractivity contribution is -0.161. The van der Waals surface area contributed by atoms with Crippen molar-refractivity contribution in [2.45, 2.75) is 225 Å². The van der Waals surface area contributed by atoms with Gasteiger partial charge in [0.25, 0.3) is 0 Å². The zero-order chi connectivity index (χ0) is 43.5. The zero-order valence-corrected chi connectivity index (χ0v) is 38.2. The van der Waals surface area contributed by atoms with Crippen molar-refractivity contribution in [1.29, 1.82) is 0 Å². The Morgan fingerprint density at radius 2 is 0.898 bits per heavy atom. The highest BCUT2D eigenvalue weighted by Crippen LogP contribution is 2.43. The molecule has 0 aliphatic heterocycles. The van der Waals surface area contributed by atoms with Gasteiger partial charge in [-0.2, -0.15) is 0 Å². The van der Waals surface area contributed by atoms with Crippen LogP contribution in [-0.4, -0.2) is 59.9 Å². The number of nitrogens with two attached hydrogens (primary N) is 1. The van der Waals surface area contributed by atoms with Gasteiger partial charge in [-0.1, -0.05) is 166 Å². The zero-order valence-electron chi connectivity index (χ0n) is 37.3. The van der Waals surface area contributed by atoms with Gasteiger partial charge in [0.05, 0.1) is 13.2 Å². The van der Waals surface area contributed by atoms with Gasteiger partial charge in [0.15, 0.2) is 6.10 Å². The predicted octanol–water partition coefficient (Wildman–Crippen LogP) is 12.8. The summed E-state index contributed by atoms with van der Waals surface area (Å²) in [5.41, 5.74) is 5.34. The predicted molar refractivity (Wildman–Crippen MR) is 240 cm³/mol. The molecule has 12 heteroatoms. The first-order valence-electron chi connectivity index (χ1n) is 23.5. The number of carbonyl (C=O) groups excluding carboxylic acids is 2. The Bertz CT molecular complexity index is 1140. The van der Waals surface area contributed by atoms with Crippen molar-refractivity contribution in [3.63, 3.8) is 0 Å². The van der Waals surface area contributed by atoms with E-state index in [0.717, 1.165) is 70.6 Å². The van der Waals surface area contributed by atoms with Crippen molar-refractivity contribution in [2.75, 3.05) is 19.8 Å². The Labute approximate surface area is 359 Å². The van der Waals surface area contributed by atoms with Gasteiger partial charge < -0.3 is 25.2 Å². The number of phosphoric ester groups is 1. The van der Waals surface area contributed by atoms with Gasteiger partial charge in [0, 0.05) is 12.8 Å². The molecule has 0 bridgehead atoms. The second kappa shape index (κ2) is 42.4. The molecular formula is C47H86NO10P. The molecule has 11 nitrogen and oxygen atoms in total. The topological polar surface area (TPSA) is 172 Å². The fourth-order valence-corrected chi connectivity index (χ4v) is 7.16. The molecule has 0 aliphatic carbocycles. The van der Waals surface area contributed by atoms with Gasteiger partial charge in [-0.15, -0.1) is 0 Å². The third-order valence-corrected chi connectivity index (χ3v) is 11.1. The van der Waals surface area contributed by atoms with Crippen molar-refractivity contribution in [3.05, 3.63) is 36.5 Å². The fraction of sp³-hybridized carbons (Fsp3) is 0.809. The van der Waals surface area contributed by atoms with Crippen molar-refractivity contribution < 1.29 is 47.5 Å². The van der Waals surface area contributed by atoms with Crippen LogP contribution in [0.1, 0.15) is 213 Å². The molecule has 0 rings (SSSR count). The Morgan fingerprint density at radius 3 is 1.37 bits per heavy atom. The van der Waals surface area contributed by atoms with Crippen LogP contribution in [-0.2, 0) is 37.5 Å². The average Bonchev–Trinajstić information content (AvgIpc) is 3.21. The number of rotatable bonds is 44. The molecule has 0 aliphatic rings. The lowest BCUT2D eigenvalue weighted by atomic mass is 10.1. The molecule has 0 aromatic rings. The summed E-state index contributed by atoms with van der Waals surface area (Å²) in [6.07, 6.45) is 46.3. The van der Waals surface area contributed by atoms with Crippen LogP contribution in [0.25, 0.3) is 0 Å². The number of unbranched alkanes of at least 4 members (excludes halogenated alkanes) is 24. The molecule has 0 aromatic heterocycles. The first-order chi connectivity index (χ1) is 28.6. The number of carboxylic acids is 1. The number of esters is 2. The Morgan fingerprint density at radius 1 is 0.525 bits per heavy atom. The van der Waals surface area contributed by atoms with Crippen molar-refractivity contribution in [3.8, 4) is 0 Å². The summed E-state index contributed by atoms with van der Waals surface area (Å²) in [7, 11) is -4.72. The maximum absolute atomic E-state index is 12.7. The summed E-state index contributed by atoms with van der Waals surface area (Å²) in [6.45, 7) is 2.78. The Balaban J connectivity index is 4.32. The van der Waals surface area contributed by atoms with Crippen molar-refractivity contribution in [2.24, 2.45) is 5.73 Å². The molecule has 4 N–H and O–H groups in total. The molecule has 3 atom stereocenters. The number of carboxylic acid groups (broad SMARTS) is 1. The monoisotopic (exact) mass is 856 g/mol. The molecule has 0 saturated carbocycles. The molecule has 59 heavy (non-hydrogen) atoms. The number of aliphatic carboxylic acids is 1. The average molecular weight is 856 g/mol. The highest BCUT2D eigenvalue weighted by molar-refractivity contribution is 7.47. The van der Waals surface area contributed by atoms with Crippen LogP contribution in [0, 0.1) is 0 Å². The maximum Gasteiger partial charge on any atom is 0.472 e. The first-order valence-corrected chi connectivity index (χ1v) is 25.0. The summed E-state index contributed by atoms with van der Waals surface area (Å²) in [6, 6.07) is -1.52. The summed E-state index contributed by atoms with van der Waals surface area (Å²) in [5, 5.41) is 8.90. The summed E-state index contributed by atoms with van der Waals surface area (Å²) < 4.78 is 32.8. The van der Waals surface area contributed by atoms with Crippen LogP contribution in [0.2, 0.25) is 0 Å². The number of phosphoric acid groups is 1. The molecule has 0 fully saturated rings. The number of hydrogen-bond donors (Lipinski definition) is 3. The van der Waals surface area contributed by atoms with Crippen LogP contribution in [0.15, 0.2) is 36.5 Å². The third-order valence-electron chi connectivity index (χ3n) is 10.1. The van der Waals surface area contributed by atoms with Gasteiger partial charge in [0.1, 0.15) is 12.6 Å². The molecular weight excluding hydrogens is 769 g/mol. The van der Waals surface area contributed by atoms with E-state index >= 15 is 0 Å². The normalized spacial score (nSPS) is 14.0. The van der Waals surface area contributed by atoms with E-state index in [1.807, 2.05) is 0 Å². The molecule has 0 amide bonds. The largest absolute Gasteiger partial charge is 0.480 e. The highest BCUT2D eigenvalue weighted by atomic mass is 31.2. The van der Waals surface area contributed by atoms with Crippen LogP contribution < -0.4 is 5.73 Å². The van der Waals surface area contributed by atoms with Crippen LogP contribution in [0.5, 0.6) is 0 Å². The van der Waals surface area contributed by atoms with Gasteiger partial charge >= 0.3 is 25.7 Å². The minimum atomic E-state index is -4.72. The molecule has 3 unspecified atom stereocenters. The SMILES string of the molecule is CCCCC/C=C\C/C=C\CCCCCCCCCCCC(=O)OC(COC(=O)CCCCCCC/C=C\CCCCCCCCC)COP(=O)(O)OCC(N)C(=O)O. The van der Waals surface area contributed by atoms with E-state index in [1.165, 1.54) is 103 Å². The second-order valence-corrected chi connectivity index (χ2v) is 17.3. The number of ether oxygens (including phenoxy) is 2. The van der Waals surface area contributed by atoms with Crippen LogP contribution in [0.3, 0.4) is 0 Å². The van der Waals surface area contributed by atoms with E-state index < -0.39 is 51.1 Å². The van der Waals surface area contributed by atoms with Crippen LogP contribution >= 0.6 is 7.82 Å². The van der Waals surface area contributed by atoms with E-state index in [1.54, 1.807) is 0 Å². The number of hydrogen-bond acceptors (Lipinski definition) is 9. The molecule has 344 valence electrons. The standard InChI is InChI=1S/C47H86NO10P/c1-3-5-7-9-11-13-15-17-19-21-22-23-25-27-29-31-33-35-37-39-46(50)58-43(41-56-59(53,54)57-42-44(48)47(51)52)40-55-45(49)38-36-34-32-30-28-26-24-20-18-16-14-12-10-8-6-4-2/h11,13,17,19-20,24,43-44H,3-10,12,14-16,18,21-23,25-42,48H2,1-2H3,(H,51,52)(H,53,54)/b13-11-,19-17-,24-20-. The molecule has 0 heterocycles. The van der Waals surface area contributed by atoms with Crippen LogP contribution in [0.4, 0.5) is 0 Å². The van der Waals surface area contributed by atoms with E-state index in [9.17, 15) is 23.8 Å². The number of allylic oxidation sites excluding steroid dienone is 6. The van der Waals surface area contributed by atoms with E-state index in [0.29, 0.717) is 12.8 Å². The van der Waals surface area contributed by atoms with Gasteiger partial charge in [0.2, 0.25) is 0 Å². The maximum atomic E-state index is 12.7. The molecule has 0 radical (unpaired) electrons. The minimum Gasteiger partial charge on any atom is -0.480 e. The van der Waals surface area contributed by atoms with E-state index in [2.05, 4.69) is 54.8 Å². The quantitative estimate of drug-likeness (QED) is 0.0230. The van der Waals surface area contributed by atoms with Gasteiger partial charge in [-0.25, -0.2) is 4.57 Å². The third kappa shape index (κ3) is 42.2. The molecule has 0 aromatic carbocycles. The van der Waals surface area contributed by atoms with Gasteiger partial charge in [-0.3, -0.25) is 23.4 Å². The lowest BCUT2D eigenvalue weighted by Crippen LogP contribution is -2.34. The summed E-state index contributed by atoms with van der Waals surface area (Å²) in [4.78, 5) is 46.1. The van der Waals surface area contributed by atoms with Crippen molar-refractivity contribution >= 4 is 25.7 Å². The Kier molecular flexibility index (Phi) is 40.7. The smallest absolute Gasteiger partial charge is 0.472 e. The first kappa shape index (κ1) is 56.7. The second-order valence-electron chi connectivity index (χ2n) is 15.9. The van der Waals surface area contributed by atoms with E-state index in [4.69, 9.17) is 24.8 Å². The minimum absolute atomic E-state index is 0.155. The summed E-state index contributed by atoms with van der Waals surface area (Å²) in [5.74, 6) is -2.39. The highest BCUT2D eigenvalue weighted by Gasteiger charge is 2.28. The van der Waals surface area contributed by atoms with Crippen molar-refractivity contribution in [1.82, 2.24) is 0 Å². The fourth-order valence-electron chi connectivity index (χ4n) is 6.38. The molecule has 0 saturated heterocycles. The lowest BCUT2D eigenvalue weighted by Gasteiger charge is -2.20. The number of carbonyl (C=O) groups is 3. The summed E-state index contributed by atoms with van der Waals surface area (Å²) >= 11 is 0.